The molecule has 2 atom stereocenters. The number of carboxylic acids is 3. The van der Waals surface area contributed by atoms with Crippen molar-refractivity contribution in [1.82, 2.24) is 0 Å². The van der Waals surface area contributed by atoms with E-state index in [1.807, 2.05) is 0 Å². The average Bonchev–Trinajstić information content (AvgIpc) is 2.69. The van der Waals surface area contributed by atoms with E-state index in [2.05, 4.69) is 13.5 Å². The second-order valence-electron chi connectivity index (χ2n) is 8.59. The summed E-state index contributed by atoms with van der Waals surface area (Å²) in [6.45, 7) is 5.33. The predicted molar refractivity (Wildman–Crippen MR) is 126 cm³/mol. The van der Waals surface area contributed by atoms with Crippen LogP contribution in [-0.4, -0.2) is 54.8 Å². The van der Waals surface area contributed by atoms with Gasteiger partial charge < -0.3 is 46.3 Å². The van der Waals surface area contributed by atoms with Gasteiger partial charge in [0.1, 0.15) is 5.60 Å². The molecule has 0 saturated carbocycles. The molecule has 0 aromatic heterocycles. The summed E-state index contributed by atoms with van der Waals surface area (Å²) in [4.78, 5) is 33.0. The number of nitrogens with two attached hydrogens (primary N) is 2. The Morgan fingerprint density at radius 1 is 0.794 bits per heavy atom. The maximum absolute atomic E-state index is 11.2. The summed E-state index contributed by atoms with van der Waals surface area (Å²) in [5.74, 6) is -7.47. The molecule has 0 rings (SSSR count). The van der Waals surface area contributed by atoms with Crippen molar-refractivity contribution >= 4 is 44.1 Å². The van der Waals surface area contributed by atoms with E-state index in [1.54, 1.807) is 0 Å². The van der Waals surface area contributed by atoms with Gasteiger partial charge in [0.05, 0.1) is 11.8 Å². The molecule has 0 spiro atoms. The third-order valence-electron chi connectivity index (χ3n) is 5.47. The van der Waals surface area contributed by atoms with Gasteiger partial charge in [0, 0.05) is 24.3 Å². The molecule has 5 N–H and O–H groups in total. The van der Waals surface area contributed by atoms with Crippen LogP contribution in [0.25, 0.3) is 0 Å². The summed E-state index contributed by atoms with van der Waals surface area (Å²) in [5.41, 5.74) is 6.37. The van der Waals surface area contributed by atoms with E-state index in [1.165, 1.54) is 57.8 Å². The minimum atomic E-state index is -3.02. The van der Waals surface area contributed by atoms with E-state index in [-0.39, 0.29) is 38.4 Å². The summed E-state index contributed by atoms with van der Waals surface area (Å²) in [6, 6.07) is 0. The molecule has 9 nitrogen and oxygen atoms in total. The van der Waals surface area contributed by atoms with Crippen LogP contribution in [0.15, 0.2) is 12.4 Å². The van der Waals surface area contributed by atoms with E-state index in [0.29, 0.717) is 12.8 Å². The molecule has 0 heterocycles. The quantitative estimate of drug-likeness (QED) is 0.116. The number of aliphatic carboxylic acids is 3. The molecule has 10 heteroatoms. The van der Waals surface area contributed by atoms with Crippen molar-refractivity contribution in [2.24, 2.45) is 17.4 Å². The fourth-order valence-corrected chi connectivity index (χ4v) is 3.65. The molecule has 0 fully saturated rings. The van der Waals surface area contributed by atoms with Crippen molar-refractivity contribution in [3.05, 3.63) is 12.4 Å². The number of carbonyl (C=O) groups is 3. The van der Waals surface area contributed by atoms with Gasteiger partial charge in [0.15, 0.2) is 0 Å². The SMILES string of the molecule is C=C(N)N.CCCCCCCCCCCCCCCCC(C(=O)[O-])C(O)(CC(=O)[O-])C(=O)[O-].[Bi+3]. The van der Waals surface area contributed by atoms with E-state index < -0.39 is 35.8 Å². The minimum Gasteiger partial charge on any atom is -0.550 e. The Bertz CT molecular complexity index is 572. The van der Waals surface area contributed by atoms with Gasteiger partial charge in [-0.3, -0.25) is 0 Å². The summed E-state index contributed by atoms with van der Waals surface area (Å²) < 4.78 is 0. The molecule has 0 aromatic rings. The van der Waals surface area contributed by atoms with Gasteiger partial charge in [-0.25, -0.2) is 0 Å². The Kier molecular flexibility index (Phi) is 25.5. The Labute approximate surface area is 223 Å². The van der Waals surface area contributed by atoms with E-state index in [4.69, 9.17) is 11.5 Å². The third kappa shape index (κ3) is 21.1. The van der Waals surface area contributed by atoms with E-state index in [0.717, 1.165) is 19.3 Å². The van der Waals surface area contributed by atoms with Crippen LogP contribution in [0.4, 0.5) is 0 Å². The number of hydrogen-bond acceptors (Lipinski definition) is 9. The van der Waals surface area contributed by atoms with Crippen LogP contribution in [0.1, 0.15) is 110 Å². The van der Waals surface area contributed by atoms with Gasteiger partial charge in [-0.2, -0.15) is 0 Å². The summed E-state index contributed by atoms with van der Waals surface area (Å²) in [6.07, 6.45) is 14.0. The van der Waals surface area contributed by atoms with E-state index in [9.17, 15) is 34.8 Å². The van der Waals surface area contributed by atoms with Crippen molar-refractivity contribution in [2.75, 3.05) is 0 Å². The zero-order valence-electron chi connectivity index (χ0n) is 20.6. The van der Waals surface area contributed by atoms with Crippen molar-refractivity contribution in [1.29, 1.82) is 0 Å². The van der Waals surface area contributed by atoms with Crippen molar-refractivity contribution in [2.45, 2.75) is 115 Å². The molecule has 0 aromatic carbocycles. The van der Waals surface area contributed by atoms with Gasteiger partial charge in [-0.1, -0.05) is 103 Å². The minimum absolute atomic E-state index is 0. The topological polar surface area (TPSA) is 193 Å². The average molecular weight is 681 g/mol. The van der Waals surface area contributed by atoms with Crippen molar-refractivity contribution in [3.8, 4) is 0 Å². The zero-order valence-corrected chi connectivity index (χ0v) is 24.1. The van der Waals surface area contributed by atoms with Crippen LogP contribution < -0.4 is 26.8 Å². The first-order valence-corrected chi connectivity index (χ1v) is 12.0. The molecule has 0 saturated heterocycles. The van der Waals surface area contributed by atoms with Crippen LogP contribution in [0.3, 0.4) is 0 Å². The second kappa shape index (κ2) is 23.3. The molecular formula is C24H43BiN2O7. The molecule has 2 unspecified atom stereocenters. The van der Waals surface area contributed by atoms with Gasteiger partial charge in [0.25, 0.3) is 0 Å². The van der Waals surface area contributed by atoms with Gasteiger partial charge in [-0.05, 0) is 6.42 Å². The second-order valence-corrected chi connectivity index (χ2v) is 8.59. The maximum Gasteiger partial charge on any atom is 3.00 e. The summed E-state index contributed by atoms with van der Waals surface area (Å²) in [7, 11) is 0. The smallest absolute Gasteiger partial charge is 0.550 e. The fraction of sp³-hybridized carbons (Fsp3) is 0.792. The van der Waals surface area contributed by atoms with Crippen molar-refractivity contribution < 1.29 is 34.8 Å². The van der Waals surface area contributed by atoms with Crippen LogP contribution >= 0.6 is 0 Å². The maximum atomic E-state index is 11.2. The zero-order chi connectivity index (χ0) is 25.7. The standard InChI is InChI=1S/C22H40O7.C2H6N2.Bi/c1-2-3-4-5-6-7-8-9-10-11-12-13-14-15-16-18(20(25)26)22(29,21(27)28)17-19(23)24;1-2(3)4;/h18,29H,2-17H2,1H3,(H,23,24)(H,25,26)(H,27,28);1,3-4H2;/q;;+3/p-3. The molecule has 0 amide bonds. The number of rotatable bonds is 20. The van der Waals surface area contributed by atoms with Gasteiger partial charge >= 0.3 is 26.2 Å². The first-order chi connectivity index (χ1) is 15.5. The Balaban J connectivity index is -0.00000177. The molecule has 34 heavy (non-hydrogen) atoms. The molecule has 0 aliphatic rings. The molecule has 2 radical (unpaired) electrons. The first kappa shape index (κ1) is 37.1. The normalized spacial score (nSPS) is 12.9. The van der Waals surface area contributed by atoms with Crippen LogP contribution in [-0.2, 0) is 14.4 Å². The number of aliphatic hydroxyl groups is 1. The number of hydrogen-bond donors (Lipinski definition) is 3. The Morgan fingerprint density at radius 2 is 1.12 bits per heavy atom. The molecule has 0 bridgehead atoms. The third-order valence-corrected chi connectivity index (χ3v) is 5.47. The Hall–Kier alpha value is -1.41. The van der Waals surface area contributed by atoms with Crippen LogP contribution in [0, 0.1) is 5.92 Å². The number of carboxylic acid groups (broad SMARTS) is 3. The number of carbonyl (C=O) groups excluding carboxylic acids is 3. The monoisotopic (exact) mass is 680 g/mol. The fourth-order valence-electron chi connectivity index (χ4n) is 3.65. The number of unbranched alkanes of at least 4 members (excludes halogenated alkanes) is 13. The first-order valence-electron chi connectivity index (χ1n) is 12.0. The van der Waals surface area contributed by atoms with E-state index >= 15 is 0 Å². The van der Waals surface area contributed by atoms with Crippen molar-refractivity contribution in [3.63, 3.8) is 0 Å². The molecule has 196 valence electrons. The summed E-state index contributed by atoms with van der Waals surface area (Å²) >= 11 is 0. The van der Waals surface area contributed by atoms with Gasteiger partial charge in [-0.15, -0.1) is 0 Å². The Morgan fingerprint density at radius 3 is 1.38 bits per heavy atom. The van der Waals surface area contributed by atoms with Crippen LogP contribution in [0.2, 0.25) is 0 Å². The van der Waals surface area contributed by atoms with Crippen LogP contribution in [0.5, 0.6) is 0 Å². The molecule has 0 aliphatic heterocycles. The largest absolute Gasteiger partial charge is 3.00 e. The molecule has 0 aliphatic carbocycles. The predicted octanol–water partition coefficient (Wildman–Crippen LogP) is -0.161. The van der Waals surface area contributed by atoms with Gasteiger partial charge in [0.2, 0.25) is 0 Å². The summed E-state index contributed by atoms with van der Waals surface area (Å²) in [5, 5.41) is 43.0. The molecular weight excluding hydrogens is 637 g/mol.